The molecule has 0 atom stereocenters. The first kappa shape index (κ1) is 35.7. The first-order valence-corrected chi connectivity index (χ1v) is 22.0. The SMILES string of the molecule is CC(C)[Si](C#Cc1c2cc3ccccc3cc2c(C#C[Si](C(C)C)(C(C)C)C(C)C)c2nc3cc(F)c(F)cc3nc12)(C(C)C)C(C)C. The summed E-state index contributed by atoms with van der Waals surface area (Å²) in [4.78, 5) is 10.1. The zero-order valence-electron chi connectivity index (χ0n) is 30.7. The van der Waals surface area contributed by atoms with Gasteiger partial charge in [0.15, 0.2) is 11.6 Å². The summed E-state index contributed by atoms with van der Waals surface area (Å²) in [5.74, 6) is 5.57. The highest BCUT2D eigenvalue weighted by Crippen LogP contribution is 2.43. The number of hydrogen-bond donors (Lipinski definition) is 0. The molecule has 2 nitrogen and oxygen atoms in total. The molecule has 6 heteroatoms. The van der Waals surface area contributed by atoms with Crippen molar-refractivity contribution in [1.29, 1.82) is 0 Å². The summed E-state index contributed by atoms with van der Waals surface area (Å²) in [7, 11) is -4.28. The zero-order chi connectivity index (χ0) is 35.3. The standard InChI is InChI=1S/C42H50F2N2Si2/c1-25(2)47(26(3)4,27(5)6)19-17-33-35-21-31-15-13-14-16-32(31)22-36(35)34(18-20-48(28(7)8,29(9)10)30(11)12)42-41(33)45-39-23-37(43)38(44)24-40(39)46-42/h13-16,21-30H,1-12H3. The number of nitrogens with zero attached hydrogens (tertiary/aromatic N) is 2. The van der Waals surface area contributed by atoms with E-state index in [0.717, 1.165) is 44.8 Å². The predicted octanol–water partition coefficient (Wildman–Crippen LogP) is 12.5. The lowest BCUT2D eigenvalue weighted by atomic mass is 9.94. The van der Waals surface area contributed by atoms with Crippen LogP contribution in [0.4, 0.5) is 8.78 Å². The Morgan fingerprint density at radius 2 is 0.812 bits per heavy atom. The Kier molecular flexibility index (Phi) is 9.95. The van der Waals surface area contributed by atoms with Crippen molar-refractivity contribution in [3.8, 4) is 22.9 Å². The van der Waals surface area contributed by atoms with Crippen LogP contribution in [-0.4, -0.2) is 26.1 Å². The van der Waals surface area contributed by atoms with Crippen molar-refractivity contribution in [2.24, 2.45) is 0 Å². The van der Waals surface area contributed by atoms with Gasteiger partial charge >= 0.3 is 0 Å². The van der Waals surface area contributed by atoms with Crippen LogP contribution in [0.25, 0.3) is 43.6 Å². The molecule has 1 aromatic heterocycles. The van der Waals surface area contributed by atoms with E-state index in [1.165, 1.54) is 0 Å². The van der Waals surface area contributed by atoms with E-state index in [0.29, 0.717) is 55.3 Å². The average molecular weight is 677 g/mol. The number of benzene rings is 4. The molecule has 0 saturated carbocycles. The van der Waals surface area contributed by atoms with Crippen LogP contribution in [0.3, 0.4) is 0 Å². The van der Waals surface area contributed by atoms with Gasteiger partial charge in [-0.25, -0.2) is 18.7 Å². The van der Waals surface area contributed by atoms with Gasteiger partial charge in [-0.3, -0.25) is 0 Å². The van der Waals surface area contributed by atoms with Crippen molar-refractivity contribution in [2.75, 3.05) is 0 Å². The predicted molar refractivity (Wildman–Crippen MR) is 208 cm³/mol. The van der Waals surface area contributed by atoms with Gasteiger partial charge in [0.05, 0.1) is 22.2 Å². The molecule has 0 saturated heterocycles. The fraction of sp³-hybridized carbons (Fsp3) is 0.429. The minimum Gasteiger partial charge on any atom is -0.243 e. The Balaban J connectivity index is 2.06. The fourth-order valence-corrected chi connectivity index (χ4v) is 19.2. The second-order valence-electron chi connectivity index (χ2n) is 15.5. The molecule has 250 valence electrons. The molecule has 1 heterocycles. The van der Waals surface area contributed by atoms with Gasteiger partial charge in [-0.05, 0) is 56.2 Å². The third-order valence-electron chi connectivity index (χ3n) is 11.1. The highest BCUT2D eigenvalue weighted by molar-refractivity contribution is 6.91. The summed E-state index contributed by atoms with van der Waals surface area (Å²) in [6, 6.07) is 15.0. The first-order chi connectivity index (χ1) is 22.6. The second-order valence-corrected chi connectivity index (χ2v) is 26.6. The number of aromatic nitrogens is 2. The lowest BCUT2D eigenvalue weighted by Gasteiger charge is -2.38. The number of halogens is 2. The van der Waals surface area contributed by atoms with E-state index in [2.05, 4.69) is 130 Å². The van der Waals surface area contributed by atoms with Crippen molar-refractivity contribution in [3.05, 3.63) is 71.3 Å². The molecule has 0 bridgehead atoms. The van der Waals surface area contributed by atoms with Gasteiger partial charge in [0, 0.05) is 22.9 Å². The van der Waals surface area contributed by atoms with E-state index in [1.54, 1.807) is 0 Å². The van der Waals surface area contributed by atoms with Crippen molar-refractivity contribution >= 4 is 59.8 Å². The Bertz CT molecular complexity index is 1960. The smallest absolute Gasteiger partial charge is 0.161 e. The molecule has 0 spiro atoms. The molecule has 0 N–H and O–H groups in total. The van der Waals surface area contributed by atoms with Crippen LogP contribution < -0.4 is 0 Å². The molecular formula is C42H50F2N2Si2. The molecule has 5 rings (SSSR count). The van der Waals surface area contributed by atoms with E-state index in [4.69, 9.17) is 9.97 Å². The molecule has 0 aliphatic rings. The van der Waals surface area contributed by atoms with Crippen molar-refractivity contribution in [1.82, 2.24) is 9.97 Å². The van der Waals surface area contributed by atoms with Gasteiger partial charge in [0.1, 0.15) is 27.2 Å². The quantitative estimate of drug-likeness (QED) is 0.102. The van der Waals surface area contributed by atoms with E-state index >= 15 is 0 Å². The van der Waals surface area contributed by atoms with Crippen molar-refractivity contribution in [3.63, 3.8) is 0 Å². The topological polar surface area (TPSA) is 25.8 Å². The van der Waals surface area contributed by atoms with Crippen molar-refractivity contribution in [2.45, 2.75) is 116 Å². The maximum atomic E-state index is 14.6. The summed E-state index contributed by atoms with van der Waals surface area (Å²) in [5, 5.41) is 4.14. The Morgan fingerprint density at radius 3 is 1.10 bits per heavy atom. The lowest BCUT2D eigenvalue weighted by Crippen LogP contribution is -2.43. The highest BCUT2D eigenvalue weighted by Gasteiger charge is 2.43. The Morgan fingerprint density at radius 1 is 0.500 bits per heavy atom. The molecule has 0 radical (unpaired) electrons. The van der Waals surface area contributed by atoms with Crippen LogP contribution >= 0.6 is 0 Å². The van der Waals surface area contributed by atoms with Gasteiger partial charge in [-0.1, -0.05) is 119 Å². The van der Waals surface area contributed by atoms with Gasteiger partial charge in [-0.2, -0.15) is 0 Å². The van der Waals surface area contributed by atoms with Crippen LogP contribution in [0.2, 0.25) is 33.2 Å². The van der Waals surface area contributed by atoms with E-state index < -0.39 is 27.8 Å². The summed E-state index contributed by atoms with van der Waals surface area (Å²) in [6.07, 6.45) is 0. The minimum absolute atomic E-state index is 0.304. The molecule has 4 aromatic carbocycles. The molecule has 0 unspecified atom stereocenters. The molecule has 0 aliphatic carbocycles. The van der Waals surface area contributed by atoms with Crippen LogP contribution in [-0.2, 0) is 0 Å². The number of hydrogen-bond acceptors (Lipinski definition) is 2. The third-order valence-corrected chi connectivity index (χ3v) is 23.7. The van der Waals surface area contributed by atoms with Crippen LogP contribution in [0.15, 0.2) is 48.5 Å². The maximum Gasteiger partial charge on any atom is 0.161 e. The van der Waals surface area contributed by atoms with E-state index in [1.807, 2.05) is 12.1 Å². The monoisotopic (exact) mass is 676 g/mol. The normalized spacial score (nSPS) is 12.8. The number of rotatable bonds is 6. The summed E-state index contributed by atoms with van der Waals surface area (Å²) in [5.41, 5.74) is 13.9. The van der Waals surface area contributed by atoms with Gasteiger partial charge in [0.25, 0.3) is 0 Å². The van der Waals surface area contributed by atoms with Gasteiger partial charge in [0.2, 0.25) is 0 Å². The number of fused-ring (bicyclic) bond motifs is 4. The Hall–Kier alpha value is -3.59. The van der Waals surface area contributed by atoms with E-state index in [-0.39, 0.29) is 0 Å². The zero-order valence-corrected chi connectivity index (χ0v) is 32.7. The molecular weight excluding hydrogens is 627 g/mol. The highest BCUT2D eigenvalue weighted by atomic mass is 28.3. The maximum absolute atomic E-state index is 14.6. The van der Waals surface area contributed by atoms with Gasteiger partial charge in [-0.15, -0.1) is 11.1 Å². The van der Waals surface area contributed by atoms with E-state index in [9.17, 15) is 8.78 Å². The molecule has 0 amide bonds. The first-order valence-electron chi connectivity index (χ1n) is 17.6. The summed E-state index contributed by atoms with van der Waals surface area (Å²) >= 11 is 0. The van der Waals surface area contributed by atoms with Crippen LogP contribution in [0, 0.1) is 34.6 Å². The lowest BCUT2D eigenvalue weighted by molar-refractivity contribution is 0.510. The average Bonchev–Trinajstić information content (AvgIpc) is 3.00. The third kappa shape index (κ3) is 5.86. The molecule has 0 aliphatic heterocycles. The van der Waals surface area contributed by atoms with Crippen LogP contribution in [0.1, 0.15) is 94.2 Å². The molecule has 0 fully saturated rings. The largest absolute Gasteiger partial charge is 0.243 e. The second kappa shape index (κ2) is 13.4. The van der Waals surface area contributed by atoms with Crippen molar-refractivity contribution < 1.29 is 8.78 Å². The van der Waals surface area contributed by atoms with Gasteiger partial charge < -0.3 is 0 Å². The summed E-state index contributed by atoms with van der Waals surface area (Å²) < 4.78 is 29.2. The Labute approximate surface area is 288 Å². The minimum atomic E-state index is -2.14. The summed E-state index contributed by atoms with van der Waals surface area (Å²) in [6.45, 7) is 27.7. The fourth-order valence-electron chi connectivity index (χ4n) is 8.77. The molecule has 48 heavy (non-hydrogen) atoms. The molecule has 5 aromatic rings. The van der Waals surface area contributed by atoms with Crippen LogP contribution in [0.5, 0.6) is 0 Å².